The molecule has 0 atom stereocenters. The minimum atomic E-state index is -1.25. The summed E-state index contributed by atoms with van der Waals surface area (Å²) in [6.07, 6.45) is 0. The first-order valence-electron chi connectivity index (χ1n) is 4.11. The molecule has 0 bridgehead atoms. The zero-order valence-corrected chi connectivity index (χ0v) is 8.24. The van der Waals surface area contributed by atoms with Gasteiger partial charge in [0.1, 0.15) is 0 Å². The maximum Gasteiger partial charge on any atom is 0.422 e. The van der Waals surface area contributed by atoms with Crippen LogP contribution in [0.4, 0.5) is 4.39 Å². The lowest BCUT2D eigenvalue weighted by molar-refractivity contribution is -0.160. The largest absolute Gasteiger partial charge is 0.461 e. The van der Waals surface area contributed by atoms with Crippen LogP contribution >= 0.6 is 0 Å². The van der Waals surface area contributed by atoms with Crippen molar-refractivity contribution in [1.29, 1.82) is 0 Å². The highest BCUT2D eigenvalue weighted by molar-refractivity contribution is 6.30. The lowest BCUT2D eigenvalue weighted by atomic mass is 10.2. The number of aryl methyl sites for hydroxylation is 1. The van der Waals surface area contributed by atoms with Crippen molar-refractivity contribution in [2.75, 3.05) is 7.11 Å². The van der Waals surface area contributed by atoms with Crippen LogP contribution in [0.5, 0.6) is 5.75 Å². The summed E-state index contributed by atoms with van der Waals surface area (Å²) in [5.74, 6) is -3.38. The van der Waals surface area contributed by atoms with Crippen LogP contribution in [0.25, 0.3) is 0 Å². The van der Waals surface area contributed by atoms with Crippen molar-refractivity contribution in [2.45, 2.75) is 6.92 Å². The highest BCUT2D eigenvalue weighted by Crippen LogP contribution is 2.19. The summed E-state index contributed by atoms with van der Waals surface area (Å²) >= 11 is 0. The molecule has 0 N–H and O–H groups in total. The van der Waals surface area contributed by atoms with Gasteiger partial charge in [-0.1, -0.05) is 12.1 Å². The predicted octanol–water partition coefficient (Wildman–Crippen LogP) is 1.21. The van der Waals surface area contributed by atoms with E-state index in [-0.39, 0.29) is 5.75 Å². The Balaban J connectivity index is 2.86. The molecule has 1 aromatic rings. The van der Waals surface area contributed by atoms with E-state index in [1.165, 1.54) is 25.1 Å². The number of carbonyl (C=O) groups excluding carboxylic acids is 2. The van der Waals surface area contributed by atoms with Gasteiger partial charge in [-0.25, -0.2) is 14.0 Å². The van der Waals surface area contributed by atoms with E-state index in [0.717, 1.165) is 7.11 Å². The summed E-state index contributed by atoms with van der Waals surface area (Å²) in [6.45, 7) is 1.52. The normalized spacial score (nSPS) is 9.53. The molecule has 15 heavy (non-hydrogen) atoms. The molecule has 0 heterocycles. The van der Waals surface area contributed by atoms with Gasteiger partial charge in [0.2, 0.25) is 0 Å². The average Bonchev–Trinajstić information content (AvgIpc) is 2.23. The summed E-state index contributed by atoms with van der Waals surface area (Å²) in [7, 11) is 1.04. The molecule has 1 aromatic carbocycles. The van der Waals surface area contributed by atoms with Gasteiger partial charge in [-0.15, -0.1) is 0 Å². The smallest absolute Gasteiger partial charge is 0.422 e. The number of methoxy groups -OCH3 is 1. The van der Waals surface area contributed by atoms with Gasteiger partial charge in [0.05, 0.1) is 7.11 Å². The van der Waals surface area contributed by atoms with E-state index in [9.17, 15) is 14.0 Å². The van der Waals surface area contributed by atoms with E-state index in [4.69, 9.17) is 0 Å². The Bertz CT molecular complexity index is 400. The fourth-order valence-corrected chi connectivity index (χ4v) is 0.924. The molecule has 0 amide bonds. The summed E-state index contributed by atoms with van der Waals surface area (Å²) in [5, 5.41) is 0. The standard InChI is InChI=1S/C10H9FO4/c1-6-4-3-5-7(8(6)11)15-10(13)9(12)14-2/h3-5H,1-2H3. The lowest BCUT2D eigenvalue weighted by Gasteiger charge is -2.04. The molecule has 0 radical (unpaired) electrons. The Labute approximate surface area is 85.6 Å². The molecular formula is C10H9FO4. The Morgan fingerprint density at radius 1 is 1.27 bits per heavy atom. The number of esters is 2. The summed E-state index contributed by atoms with van der Waals surface area (Å²) in [4.78, 5) is 21.6. The number of hydrogen-bond donors (Lipinski definition) is 0. The van der Waals surface area contributed by atoms with Crippen LogP contribution in [0.1, 0.15) is 5.56 Å². The number of benzene rings is 1. The number of ether oxygens (including phenoxy) is 2. The van der Waals surface area contributed by atoms with Crippen LogP contribution < -0.4 is 4.74 Å². The minimum Gasteiger partial charge on any atom is -0.461 e. The number of carbonyl (C=O) groups is 2. The summed E-state index contributed by atoms with van der Waals surface area (Å²) in [5.41, 5.74) is 0.324. The quantitative estimate of drug-likeness (QED) is 0.399. The van der Waals surface area contributed by atoms with E-state index in [2.05, 4.69) is 9.47 Å². The predicted molar refractivity (Wildman–Crippen MR) is 48.8 cm³/mol. The molecule has 0 aliphatic rings. The highest BCUT2D eigenvalue weighted by atomic mass is 19.1. The van der Waals surface area contributed by atoms with E-state index >= 15 is 0 Å². The van der Waals surface area contributed by atoms with E-state index in [0.29, 0.717) is 5.56 Å². The maximum atomic E-state index is 13.3. The fraction of sp³-hybridized carbons (Fsp3) is 0.200. The fourth-order valence-electron chi connectivity index (χ4n) is 0.924. The molecule has 0 aromatic heterocycles. The highest BCUT2D eigenvalue weighted by Gasteiger charge is 2.18. The average molecular weight is 212 g/mol. The second-order valence-electron chi connectivity index (χ2n) is 2.77. The van der Waals surface area contributed by atoms with Crippen LogP contribution in [0, 0.1) is 12.7 Å². The third-order valence-electron chi connectivity index (χ3n) is 1.71. The number of hydrogen-bond acceptors (Lipinski definition) is 4. The molecule has 0 saturated heterocycles. The van der Waals surface area contributed by atoms with E-state index < -0.39 is 17.8 Å². The van der Waals surface area contributed by atoms with Crippen LogP contribution in [-0.4, -0.2) is 19.0 Å². The Kier molecular flexibility index (Phi) is 3.38. The van der Waals surface area contributed by atoms with E-state index in [1.807, 2.05) is 0 Å². The SMILES string of the molecule is COC(=O)C(=O)Oc1cccc(C)c1F. The van der Waals surface area contributed by atoms with Gasteiger partial charge in [-0.05, 0) is 18.6 Å². The maximum absolute atomic E-state index is 13.3. The molecule has 0 aliphatic carbocycles. The van der Waals surface area contributed by atoms with Gasteiger partial charge >= 0.3 is 11.9 Å². The van der Waals surface area contributed by atoms with Crippen molar-refractivity contribution < 1.29 is 23.5 Å². The molecule has 0 unspecified atom stereocenters. The minimum absolute atomic E-state index is 0.287. The Hall–Kier alpha value is -1.91. The van der Waals surface area contributed by atoms with Gasteiger partial charge in [0.25, 0.3) is 0 Å². The molecule has 80 valence electrons. The van der Waals surface area contributed by atoms with Crippen molar-refractivity contribution in [3.8, 4) is 5.75 Å². The second kappa shape index (κ2) is 4.54. The molecule has 1 rings (SSSR count). The van der Waals surface area contributed by atoms with Crippen molar-refractivity contribution in [2.24, 2.45) is 0 Å². The van der Waals surface area contributed by atoms with Crippen molar-refractivity contribution in [3.05, 3.63) is 29.6 Å². The topological polar surface area (TPSA) is 52.6 Å². The first-order chi connectivity index (χ1) is 7.06. The van der Waals surface area contributed by atoms with Crippen LogP contribution in [0.2, 0.25) is 0 Å². The van der Waals surface area contributed by atoms with Crippen LogP contribution in [0.15, 0.2) is 18.2 Å². The monoisotopic (exact) mass is 212 g/mol. The van der Waals surface area contributed by atoms with Crippen LogP contribution in [0.3, 0.4) is 0 Å². The molecule has 0 fully saturated rings. The second-order valence-corrected chi connectivity index (χ2v) is 2.77. The van der Waals surface area contributed by atoms with Crippen LogP contribution in [-0.2, 0) is 14.3 Å². The molecule has 5 heteroatoms. The third-order valence-corrected chi connectivity index (χ3v) is 1.71. The Morgan fingerprint density at radius 3 is 2.53 bits per heavy atom. The van der Waals surface area contributed by atoms with Crippen molar-refractivity contribution in [1.82, 2.24) is 0 Å². The van der Waals surface area contributed by atoms with E-state index in [1.54, 1.807) is 0 Å². The van der Waals surface area contributed by atoms with Crippen molar-refractivity contribution >= 4 is 11.9 Å². The molecular weight excluding hydrogens is 203 g/mol. The van der Waals surface area contributed by atoms with Gasteiger partial charge in [-0.2, -0.15) is 0 Å². The lowest BCUT2D eigenvalue weighted by Crippen LogP contribution is -2.22. The van der Waals surface area contributed by atoms with Gasteiger partial charge in [-0.3, -0.25) is 0 Å². The number of rotatable bonds is 1. The van der Waals surface area contributed by atoms with Gasteiger partial charge < -0.3 is 9.47 Å². The summed E-state index contributed by atoms with van der Waals surface area (Å²) in [6, 6.07) is 4.28. The first-order valence-corrected chi connectivity index (χ1v) is 4.11. The number of halogens is 1. The zero-order valence-electron chi connectivity index (χ0n) is 8.24. The molecule has 4 nitrogen and oxygen atoms in total. The summed E-state index contributed by atoms with van der Waals surface area (Å²) < 4.78 is 21.9. The first kappa shape index (κ1) is 11.2. The third kappa shape index (κ3) is 2.52. The zero-order chi connectivity index (χ0) is 11.4. The molecule has 0 aliphatic heterocycles. The Morgan fingerprint density at radius 2 is 1.93 bits per heavy atom. The van der Waals surface area contributed by atoms with Gasteiger partial charge in [0.15, 0.2) is 11.6 Å². The molecule has 0 spiro atoms. The van der Waals surface area contributed by atoms with Crippen molar-refractivity contribution in [3.63, 3.8) is 0 Å². The van der Waals surface area contributed by atoms with Gasteiger partial charge in [0, 0.05) is 0 Å². The molecule has 0 saturated carbocycles.